The number of hydrogen-bond acceptors (Lipinski definition) is 0. The van der Waals surface area contributed by atoms with Gasteiger partial charge in [-0.15, -0.1) is 0 Å². The SMILES string of the molecule is [B]c1cc[c-]cc1.[W]. The summed E-state index contributed by atoms with van der Waals surface area (Å²) in [7, 11) is 5.34. The van der Waals surface area contributed by atoms with Gasteiger partial charge in [0.15, 0.2) is 0 Å². The maximum Gasteiger partial charge on any atom is 0.0777 e. The van der Waals surface area contributed by atoms with Crippen molar-refractivity contribution in [1.82, 2.24) is 0 Å². The summed E-state index contributed by atoms with van der Waals surface area (Å²) in [5.74, 6) is 0. The van der Waals surface area contributed by atoms with Crippen LogP contribution in [-0.4, -0.2) is 7.85 Å². The minimum atomic E-state index is 0. The average Bonchev–Trinajstić information content (AvgIpc) is 1.69. The van der Waals surface area contributed by atoms with Gasteiger partial charge in [0.25, 0.3) is 0 Å². The average molecular weight is 271 g/mol. The van der Waals surface area contributed by atoms with Gasteiger partial charge in [0, 0.05) is 21.1 Å². The molecule has 0 saturated heterocycles. The standard InChI is InChI=1S/C6H4B.W/c7-6-4-2-1-3-5-6;/h2-5H;/q-1;. The molecule has 0 saturated carbocycles. The molecule has 0 fully saturated rings. The number of rotatable bonds is 0. The summed E-state index contributed by atoms with van der Waals surface area (Å²) in [5, 5.41) is 0. The molecule has 0 aliphatic carbocycles. The maximum atomic E-state index is 5.34. The molecule has 0 amide bonds. The maximum absolute atomic E-state index is 5.34. The third-order valence-corrected chi connectivity index (χ3v) is 0.744. The summed E-state index contributed by atoms with van der Waals surface area (Å²) < 4.78 is 0. The van der Waals surface area contributed by atoms with Gasteiger partial charge in [-0.2, -0.15) is 30.3 Å². The first-order valence-electron chi connectivity index (χ1n) is 2.11. The molecule has 0 unspecified atom stereocenters. The Bertz CT molecular complexity index is 138. The molecule has 1 aromatic carbocycles. The van der Waals surface area contributed by atoms with Crippen molar-refractivity contribution in [3.05, 3.63) is 30.3 Å². The fourth-order valence-corrected chi connectivity index (χ4v) is 0.400. The van der Waals surface area contributed by atoms with E-state index in [1.165, 1.54) is 0 Å². The Morgan fingerprint density at radius 1 is 1.25 bits per heavy atom. The molecule has 0 atom stereocenters. The van der Waals surface area contributed by atoms with Crippen LogP contribution in [0.25, 0.3) is 0 Å². The Labute approximate surface area is 65.0 Å². The van der Waals surface area contributed by atoms with Crippen LogP contribution in [0.1, 0.15) is 0 Å². The molecule has 0 nitrogen and oxygen atoms in total. The summed E-state index contributed by atoms with van der Waals surface area (Å²) in [6.45, 7) is 0. The zero-order valence-electron chi connectivity index (χ0n) is 4.29. The van der Waals surface area contributed by atoms with Crippen LogP contribution in [0.2, 0.25) is 0 Å². The van der Waals surface area contributed by atoms with E-state index in [1.54, 1.807) is 24.3 Å². The zero-order valence-corrected chi connectivity index (χ0v) is 7.23. The Kier molecular flexibility index (Phi) is 3.90. The van der Waals surface area contributed by atoms with E-state index in [0.717, 1.165) is 5.46 Å². The van der Waals surface area contributed by atoms with Crippen LogP contribution in [0.4, 0.5) is 0 Å². The van der Waals surface area contributed by atoms with Crippen LogP contribution >= 0.6 is 0 Å². The molecule has 0 aliphatic heterocycles. The predicted molar refractivity (Wildman–Crippen MR) is 30.7 cm³/mol. The molecule has 0 aromatic heterocycles. The van der Waals surface area contributed by atoms with Crippen LogP contribution in [0.3, 0.4) is 0 Å². The van der Waals surface area contributed by atoms with Gasteiger partial charge >= 0.3 is 0 Å². The van der Waals surface area contributed by atoms with Crippen molar-refractivity contribution in [2.75, 3.05) is 0 Å². The molecule has 0 aliphatic rings. The second kappa shape index (κ2) is 3.91. The second-order valence-corrected chi connectivity index (χ2v) is 1.33. The van der Waals surface area contributed by atoms with Crippen LogP contribution in [0.5, 0.6) is 0 Å². The number of benzene rings is 1. The van der Waals surface area contributed by atoms with Crippen LogP contribution in [-0.2, 0) is 21.1 Å². The molecule has 0 heterocycles. The molecule has 1 rings (SSSR count). The molecule has 8 heavy (non-hydrogen) atoms. The van der Waals surface area contributed by atoms with Gasteiger partial charge < -0.3 is 0 Å². The fraction of sp³-hybridized carbons (Fsp3) is 0. The summed E-state index contributed by atoms with van der Waals surface area (Å²) in [5.41, 5.74) is 0.791. The molecule has 1 aromatic rings. The smallest absolute Gasteiger partial charge is 0.0777 e. The molecular formula is C6H4BW-. The summed E-state index contributed by atoms with van der Waals surface area (Å²) in [4.78, 5) is 0. The Balaban J connectivity index is 0.000000490. The summed E-state index contributed by atoms with van der Waals surface area (Å²) in [6.07, 6.45) is 0. The topological polar surface area (TPSA) is 0 Å². The van der Waals surface area contributed by atoms with Gasteiger partial charge in [-0.25, -0.2) is 5.46 Å². The fourth-order valence-electron chi connectivity index (χ4n) is 0.400. The molecule has 0 spiro atoms. The van der Waals surface area contributed by atoms with E-state index in [4.69, 9.17) is 7.85 Å². The van der Waals surface area contributed by atoms with Crippen molar-refractivity contribution in [1.29, 1.82) is 0 Å². The van der Waals surface area contributed by atoms with Crippen molar-refractivity contribution >= 4 is 13.3 Å². The Morgan fingerprint density at radius 3 is 2.00 bits per heavy atom. The van der Waals surface area contributed by atoms with Crippen molar-refractivity contribution in [3.8, 4) is 0 Å². The molecule has 2 radical (unpaired) electrons. The van der Waals surface area contributed by atoms with Crippen molar-refractivity contribution in [3.63, 3.8) is 0 Å². The number of hydrogen-bond donors (Lipinski definition) is 0. The normalized spacial score (nSPS) is 7.50. The van der Waals surface area contributed by atoms with E-state index in [1.807, 2.05) is 0 Å². The van der Waals surface area contributed by atoms with Crippen molar-refractivity contribution < 1.29 is 21.1 Å². The quantitative estimate of drug-likeness (QED) is 0.469. The van der Waals surface area contributed by atoms with E-state index >= 15 is 0 Å². The predicted octanol–water partition coefficient (Wildman–Crippen LogP) is 0.278. The van der Waals surface area contributed by atoms with Gasteiger partial charge in [0.1, 0.15) is 0 Å². The first-order chi connectivity index (χ1) is 3.39. The van der Waals surface area contributed by atoms with E-state index in [-0.39, 0.29) is 21.1 Å². The molecule has 0 N–H and O–H groups in total. The molecule has 0 bridgehead atoms. The monoisotopic (exact) mass is 271 g/mol. The minimum absolute atomic E-state index is 0. The van der Waals surface area contributed by atoms with Gasteiger partial charge in [-0.05, 0) is 0 Å². The first-order valence-corrected chi connectivity index (χ1v) is 2.11. The third kappa shape index (κ3) is 2.32. The third-order valence-electron chi connectivity index (χ3n) is 0.744. The summed E-state index contributed by atoms with van der Waals surface area (Å²) in [6, 6.07) is 10.0. The van der Waals surface area contributed by atoms with Gasteiger partial charge in [-0.1, -0.05) is 0 Å². The Hall–Kier alpha value is -0.0268. The van der Waals surface area contributed by atoms with Crippen molar-refractivity contribution in [2.45, 2.75) is 0 Å². The summed E-state index contributed by atoms with van der Waals surface area (Å²) >= 11 is 0. The van der Waals surface area contributed by atoms with E-state index < -0.39 is 0 Å². The van der Waals surface area contributed by atoms with Crippen molar-refractivity contribution in [2.24, 2.45) is 0 Å². The molecule has 38 valence electrons. The minimum Gasteiger partial charge on any atom is -0.202 e. The van der Waals surface area contributed by atoms with E-state index in [2.05, 4.69) is 6.07 Å². The second-order valence-electron chi connectivity index (χ2n) is 1.33. The van der Waals surface area contributed by atoms with Crippen LogP contribution in [0, 0.1) is 6.07 Å². The first kappa shape index (κ1) is 7.97. The zero-order chi connectivity index (χ0) is 5.11. The van der Waals surface area contributed by atoms with E-state index in [9.17, 15) is 0 Å². The Morgan fingerprint density at radius 2 is 1.75 bits per heavy atom. The van der Waals surface area contributed by atoms with E-state index in [0.29, 0.717) is 0 Å². The van der Waals surface area contributed by atoms with Gasteiger partial charge in [0.05, 0.1) is 7.85 Å². The van der Waals surface area contributed by atoms with Crippen LogP contribution < -0.4 is 5.46 Å². The van der Waals surface area contributed by atoms with Gasteiger partial charge in [-0.3, -0.25) is 0 Å². The van der Waals surface area contributed by atoms with Crippen LogP contribution in [0.15, 0.2) is 24.3 Å². The molecular weight excluding hydrogens is 267 g/mol. The molecule has 2 heteroatoms. The van der Waals surface area contributed by atoms with Gasteiger partial charge in [0.2, 0.25) is 0 Å². The largest absolute Gasteiger partial charge is 0.202 e.